The summed E-state index contributed by atoms with van der Waals surface area (Å²) in [5.41, 5.74) is 7.87. The summed E-state index contributed by atoms with van der Waals surface area (Å²) in [5, 5.41) is 15.0. The van der Waals surface area contributed by atoms with E-state index in [1.54, 1.807) is 24.3 Å². The van der Waals surface area contributed by atoms with Crippen molar-refractivity contribution >= 4 is 24.2 Å². The van der Waals surface area contributed by atoms with E-state index in [0.717, 1.165) is 17.5 Å². The molecule has 0 aromatic heterocycles. The highest BCUT2D eigenvalue weighted by atomic mass is 35.5. The second-order valence-corrected chi connectivity index (χ2v) is 7.05. The first-order chi connectivity index (χ1) is 13.4. The summed E-state index contributed by atoms with van der Waals surface area (Å²) in [6, 6.07) is 14.7. The Labute approximate surface area is 178 Å². The van der Waals surface area contributed by atoms with E-state index in [-0.39, 0.29) is 35.9 Å². The molecule has 0 fully saturated rings. The molecule has 0 bridgehead atoms. The summed E-state index contributed by atoms with van der Waals surface area (Å²) in [4.78, 5) is 25.2. The quantitative estimate of drug-likeness (QED) is 0.501. The molecular weight excluding hydrogens is 390 g/mol. The van der Waals surface area contributed by atoms with Gasteiger partial charge in [-0.05, 0) is 35.6 Å². The lowest BCUT2D eigenvalue weighted by Crippen LogP contribution is -2.54. The Morgan fingerprint density at radius 3 is 2.21 bits per heavy atom. The van der Waals surface area contributed by atoms with Gasteiger partial charge in [0, 0.05) is 6.54 Å². The van der Waals surface area contributed by atoms with Crippen molar-refractivity contribution in [2.24, 2.45) is 11.7 Å². The topological polar surface area (TPSA) is 104 Å². The molecule has 3 atom stereocenters. The number of hydrogen-bond acceptors (Lipinski definition) is 4. The Bertz CT molecular complexity index is 769. The van der Waals surface area contributed by atoms with Crippen LogP contribution in [0, 0.1) is 5.92 Å². The van der Waals surface area contributed by atoms with Crippen LogP contribution in [0.3, 0.4) is 0 Å². The lowest BCUT2D eigenvalue weighted by molar-refractivity contribution is -0.130. The van der Waals surface area contributed by atoms with Crippen LogP contribution in [0.4, 0.5) is 0 Å². The van der Waals surface area contributed by atoms with Crippen molar-refractivity contribution < 1.29 is 14.7 Å². The monoisotopic (exact) mass is 419 g/mol. The molecule has 29 heavy (non-hydrogen) atoms. The average molecular weight is 420 g/mol. The third-order valence-corrected chi connectivity index (χ3v) is 4.83. The highest BCUT2D eigenvalue weighted by molar-refractivity contribution is 5.90. The number of phenolic OH excluding ortho intramolecular Hbond substituents is 1. The van der Waals surface area contributed by atoms with E-state index in [4.69, 9.17) is 5.73 Å². The van der Waals surface area contributed by atoms with Crippen LogP contribution in [0.5, 0.6) is 5.75 Å². The van der Waals surface area contributed by atoms with Crippen LogP contribution in [0.1, 0.15) is 31.4 Å². The van der Waals surface area contributed by atoms with E-state index < -0.39 is 12.1 Å². The van der Waals surface area contributed by atoms with Gasteiger partial charge in [0.15, 0.2) is 0 Å². The van der Waals surface area contributed by atoms with Crippen molar-refractivity contribution in [1.82, 2.24) is 10.6 Å². The highest BCUT2D eigenvalue weighted by Gasteiger charge is 2.27. The van der Waals surface area contributed by atoms with Crippen molar-refractivity contribution in [1.29, 1.82) is 0 Å². The number of carbonyl (C=O) groups excluding carboxylic acids is 2. The summed E-state index contributed by atoms with van der Waals surface area (Å²) in [6.07, 6.45) is 1.07. The van der Waals surface area contributed by atoms with Crippen LogP contribution in [-0.4, -0.2) is 29.0 Å². The minimum Gasteiger partial charge on any atom is -0.508 e. The Kier molecular flexibility index (Phi) is 10.2. The van der Waals surface area contributed by atoms with Crippen LogP contribution in [-0.2, 0) is 22.6 Å². The first-order valence-electron chi connectivity index (χ1n) is 9.56. The molecule has 0 radical (unpaired) electrons. The van der Waals surface area contributed by atoms with Gasteiger partial charge in [0.25, 0.3) is 0 Å². The number of halogens is 1. The Morgan fingerprint density at radius 2 is 1.62 bits per heavy atom. The molecule has 2 amide bonds. The fourth-order valence-corrected chi connectivity index (χ4v) is 2.84. The van der Waals surface area contributed by atoms with Gasteiger partial charge in [0.05, 0.1) is 6.04 Å². The second-order valence-electron chi connectivity index (χ2n) is 7.05. The molecule has 0 heterocycles. The zero-order valence-corrected chi connectivity index (χ0v) is 17.6. The molecule has 1 unspecified atom stereocenters. The molecule has 5 N–H and O–H groups in total. The fraction of sp³-hybridized carbons (Fsp3) is 0.364. The van der Waals surface area contributed by atoms with Crippen LogP contribution in [0.25, 0.3) is 0 Å². The van der Waals surface area contributed by atoms with E-state index in [1.165, 1.54) is 0 Å². The lowest BCUT2D eigenvalue weighted by Gasteiger charge is -2.25. The van der Waals surface area contributed by atoms with Crippen molar-refractivity contribution in [3.05, 3.63) is 65.7 Å². The number of aromatic hydroxyl groups is 1. The van der Waals surface area contributed by atoms with Gasteiger partial charge in [0.1, 0.15) is 11.8 Å². The lowest BCUT2D eigenvalue weighted by atomic mass is 9.97. The summed E-state index contributed by atoms with van der Waals surface area (Å²) in [7, 11) is 0. The van der Waals surface area contributed by atoms with Gasteiger partial charge in [-0.1, -0.05) is 62.7 Å². The van der Waals surface area contributed by atoms with Gasteiger partial charge in [-0.3, -0.25) is 9.59 Å². The molecular formula is C22H30ClN3O3. The van der Waals surface area contributed by atoms with E-state index in [9.17, 15) is 14.7 Å². The number of carbonyl (C=O) groups is 2. The van der Waals surface area contributed by atoms with Gasteiger partial charge in [-0.25, -0.2) is 0 Å². The number of nitrogens with two attached hydrogens (primary N) is 1. The molecule has 6 nitrogen and oxygen atoms in total. The number of benzene rings is 2. The first kappa shape index (κ1) is 24.5. The van der Waals surface area contributed by atoms with Crippen LogP contribution in [0.2, 0.25) is 0 Å². The Morgan fingerprint density at radius 1 is 1.00 bits per heavy atom. The fourth-order valence-electron chi connectivity index (χ4n) is 2.84. The molecule has 0 aliphatic heterocycles. The third kappa shape index (κ3) is 7.75. The Hall–Kier alpha value is -2.57. The van der Waals surface area contributed by atoms with Gasteiger partial charge in [-0.15, -0.1) is 12.4 Å². The maximum atomic E-state index is 12.7. The predicted molar refractivity (Wildman–Crippen MR) is 117 cm³/mol. The van der Waals surface area contributed by atoms with Crippen molar-refractivity contribution in [2.75, 3.05) is 0 Å². The number of amides is 2. The molecule has 2 aromatic carbocycles. The van der Waals surface area contributed by atoms with Crippen molar-refractivity contribution in [3.63, 3.8) is 0 Å². The molecule has 0 aliphatic rings. The summed E-state index contributed by atoms with van der Waals surface area (Å²) in [6.45, 7) is 4.31. The SMILES string of the molecule is CCC(C)[C@H](NC(=O)[C@@H](N)Cc1ccc(O)cc1)C(=O)NCc1ccccc1.Cl. The maximum absolute atomic E-state index is 12.7. The van der Waals surface area contributed by atoms with Crippen molar-refractivity contribution in [3.8, 4) is 5.75 Å². The molecule has 2 rings (SSSR count). The molecule has 158 valence electrons. The zero-order chi connectivity index (χ0) is 20.5. The molecule has 7 heteroatoms. The number of hydrogen-bond donors (Lipinski definition) is 4. The zero-order valence-electron chi connectivity index (χ0n) is 16.8. The number of nitrogens with one attached hydrogen (secondary N) is 2. The summed E-state index contributed by atoms with van der Waals surface area (Å²) < 4.78 is 0. The maximum Gasteiger partial charge on any atom is 0.243 e. The minimum absolute atomic E-state index is 0. The molecule has 2 aromatic rings. The molecule has 0 aliphatic carbocycles. The van der Waals surface area contributed by atoms with E-state index in [2.05, 4.69) is 10.6 Å². The van der Waals surface area contributed by atoms with E-state index in [1.807, 2.05) is 44.2 Å². The molecule has 0 spiro atoms. The highest BCUT2D eigenvalue weighted by Crippen LogP contribution is 2.12. The van der Waals surface area contributed by atoms with E-state index >= 15 is 0 Å². The van der Waals surface area contributed by atoms with Crippen LogP contribution >= 0.6 is 12.4 Å². The average Bonchev–Trinajstić information content (AvgIpc) is 2.71. The number of rotatable bonds is 9. The predicted octanol–water partition coefficient (Wildman–Crippen LogP) is 2.53. The van der Waals surface area contributed by atoms with Crippen LogP contribution < -0.4 is 16.4 Å². The van der Waals surface area contributed by atoms with Gasteiger partial charge in [-0.2, -0.15) is 0 Å². The first-order valence-corrected chi connectivity index (χ1v) is 9.56. The smallest absolute Gasteiger partial charge is 0.243 e. The van der Waals surface area contributed by atoms with Crippen LogP contribution in [0.15, 0.2) is 54.6 Å². The van der Waals surface area contributed by atoms with Crippen molar-refractivity contribution in [2.45, 2.75) is 45.3 Å². The molecule has 0 saturated heterocycles. The largest absolute Gasteiger partial charge is 0.508 e. The normalized spacial score (nSPS) is 13.5. The van der Waals surface area contributed by atoms with Gasteiger partial charge < -0.3 is 21.5 Å². The second kappa shape index (κ2) is 12.1. The van der Waals surface area contributed by atoms with E-state index in [0.29, 0.717) is 13.0 Å². The minimum atomic E-state index is -0.780. The summed E-state index contributed by atoms with van der Waals surface area (Å²) >= 11 is 0. The molecule has 0 saturated carbocycles. The van der Waals surface area contributed by atoms with Gasteiger partial charge >= 0.3 is 0 Å². The standard InChI is InChI=1S/C22H29N3O3.ClH/c1-3-15(2)20(22(28)24-14-17-7-5-4-6-8-17)25-21(27)19(23)13-16-9-11-18(26)12-10-16;/h4-12,15,19-20,26H,3,13-14,23H2,1-2H3,(H,24,28)(H,25,27);1H/t15?,19-,20-;/m0./s1. The number of phenols is 1. The third-order valence-electron chi connectivity index (χ3n) is 4.83. The Balaban J connectivity index is 0.00000420. The van der Waals surface area contributed by atoms with Gasteiger partial charge in [0.2, 0.25) is 11.8 Å². The summed E-state index contributed by atoms with van der Waals surface area (Å²) in [5.74, 6) is -0.453.